The fraction of sp³-hybridized carbons (Fsp3) is 0.227. The standard InChI is InChI=1S/C22H19N3O7S.K/c1-12-17-16(23-22(29)32-11-13-7-9-14(10-8-13)25(30)31)20(26)24(17)18(21(27)28)19(12)33-15-5-3-2-4-6-15;/h2-10,12,16-17H,11H2,1H3,(H,23,29)(H,27,28);/q;+1/p-1/t12-,16-,17-;/m1./s1. The van der Waals surface area contributed by atoms with Crippen LogP contribution in [0.2, 0.25) is 0 Å². The average molecular weight is 508 g/mol. The number of nitro benzene ring substituents is 1. The van der Waals surface area contributed by atoms with Crippen molar-refractivity contribution in [2.24, 2.45) is 5.92 Å². The first-order valence-electron chi connectivity index (χ1n) is 9.96. The number of alkyl carbamates (subject to hydrolysis) is 1. The SMILES string of the molecule is C[C@H]1C(Sc2ccccc2)=C(C(=O)[O-])N2C(=O)[C@H](NC(=O)OCc3ccc([N+](=O)[O-])cc3)[C@@H]12.[K+]. The van der Waals surface area contributed by atoms with Gasteiger partial charge in [0, 0.05) is 27.9 Å². The normalized spacial score (nSPS) is 20.7. The number of carbonyl (C=O) groups excluding carboxylic acids is 3. The van der Waals surface area contributed by atoms with E-state index in [1.54, 1.807) is 6.92 Å². The zero-order valence-corrected chi connectivity index (χ0v) is 22.2. The second-order valence-corrected chi connectivity index (χ2v) is 8.64. The number of non-ortho nitro benzene ring substituents is 1. The van der Waals surface area contributed by atoms with Crippen LogP contribution in [0.15, 0.2) is 70.1 Å². The van der Waals surface area contributed by atoms with Crippen LogP contribution in [0.4, 0.5) is 10.5 Å². The van der Waals surface area contributed by atoms with Gasteiger partial charge in [-0.25, -0.2) is 4.79 Å². The van der Waals surface area contributed by atoms with Crippen LogP contribution in [0.3, 0.4) is 0 Å². The van der Waals surface area contributed by atoms with E-state index in [-0.39, 0.29) is 75.3 Å². The monoisotopic (exact) mass is 507 g/mol. The number of carbonyl (C=O) groups is 3. The van der Waals surface area contributed by atoms with Crippen LogP contribution >= 0.6 is 11.8 Å². The van der Waals surface area contributed by atoms with E-state index in [1.165, 1.54) is 36.0 Å². The van der Waals surface area contributed by atoms with E-state index in [9.17, 15) is 29.6 Å². The molecule has 0 unspecified atom stereocenters. The minimum Gasteiger partial charge on any atom is -0.543 e. The molecule has 2 aromatic rings. The van der Waals surface area contributed by atoms with Crippen molar-refractivity contribution in [1.29, 1.82) is 0 Å². The zero-order chi connectivity index (χ0) is 23.7. The number of fused-ring (bicyclic) bond motifs is 1. The summed E-state index contributed by atoms with van der Waals surface area (Å²) in [5.74, 6) is -2.35. The number of carboxylic acids is 1. The van der Waals surface area contributed by atoms with Gasteiger partial charge in [-0.2, -0.15) is 0 Å². The summed E-state index contributed by atoms with van der Waals surface area (Å²) in [6, 6.07) is 13.2. The van der Waals surface area contributed by atoms with Crippen LogP contribution in [-0.2, 0) is 20.9 Å². The van der Waals surface area contributed by atoms with Gasteiger partial charge >= 0.3 is 57.5 Å². The molecule has 0 saturated carbocycles. The summed E-state index contributed by atoms with van der Waals surface area (Å²) >= 11 is 1.25. The summed E-state index contributed by atoms with van der Waals surface area (Å²) in [4.78, 5) is 49.4. The second kappa shape index (κ2) is 11.0. The van der Waals surface area contributed by atoms with Crippen molar-refractivity contribution in [3.05, 3.63) is 80.9 Å². The third kappa shape index (κ3) is 5.21. The van der Waals surface area contributed by atoms with Crippen molar-refractivity contribution >= 4 is 35.4 Å². The third-order valence-corrected chi connectivity index (χ3v) is 6.79. The Bertz CT molecular complexity index is 1160. The summed E-state index contributed by atoms with van der Waals surface area (Å²) in [6.07, 6.45) is -0.849. The molecule has 4 rings (SSSR count). The number of aliphatic carboxylic acids is 1. The Morgan fingerprint density at radius 1 is 1.15 bits per heavy atom. The van der Waals surface area contributed by atoms with Crippen molar-refractivity contribution in [2.75, 3.05) is 0 Å². The number of hydrogen-bond acceptors (Lipinski definition) is 8. The van der Waals surface area contributed by atoms with Crippen molar-refractivity contribution in [1.82, 2.24) is 10.2 Å². The van der Waals surface area contributed by atoms with E-state index in [2.05, 4.69) is 5.32 Å². The van der Waals surface area contributed by atoms with Gasteiger partial charge in [0.15, 0.2) is 0 Å². The molecule has 2 aliphatic heterocycles. The zero-order valence-electron chi connectivity index (χ0n) is 18.3. The van der Waals surface area contributed by atoms with Gasteiger partial charge in [-0.1, -0.05) is 36.9 Å². The molecule has 2 aromatic carbocycles. The Morgan fingerprint density at radius 2 is 1.79 bits per heavy atom. The average Bonchev–Trinajstić information content (AvgIpc) is 3.06. The Morgan fingerprint density at radius 3 is 2.38 bits per heavy atom. The summed E-state index contributed by atoms with van der Waals surface area (Å²) in [5.41, 5.74) is 0.275. The van der Waals surface area contributed by atoms with Gasteiger partial charge in [0.25, 0.3) is 11.6 Å². The molecule has 1 fully saturated rings. The molecule has 2 amide bonds. The van der Waals surface area contributed by atoms with Crippen LogP contribution in [0.1, 0.15) is 12.5 Å². The largest absolute Gasteiger partial charge is 1.00 e. The van der Waals surface area contributed by atoms with Gasteiger partial charge in [0.1, 0.15) is 12.6 Å². The first-order valence-corrected chi connectivity index (χ1v) is 10.8. The van der Waals surface area contributed by atoms with Gasteiger partial charge in [-0.05, 0) is 29.8 Å². The van der Waals surface area contributed by atoms with Gasteiger partial charge < -0.3 is 24.9 Å². The minimum absolute atomic E-state index is 0. The third-order valence-electron chi connectivity index (χ3n) is 5.50. The van der Waals surface area contributed by atoms with Crippen LogP contribution < -0.4 is 61.8 Å². The Kier molecular flexibility index (Phi) is 8.55. The number of ether oxygens (including phenoxy) is 1. The van der Waals surface area contributed by atoms with Gasteiger partial charge in [0.05, 0.1) is 22.6 Å². The fourth-order valence-corrected chi connectivity index (χ4v) is 5.06. The van der Waals surface area contributed by atoms with E-state index in [1.807, 2.05) is 30.3 Å². The first kappa shape index (κ1) is 26.4. The number of nitro groups is 1. The van der Waals surface area contributed by atoms with E-state index < -0.39 is 35.0 Å². The maximum Gasteiger partial charge on any atom is 1.00 e. The van der Waals surface area contributed by atoms with E-state index in [4.69, 9.17) is 4.74 Å². The molecular weight excluding hydrogens is 489 g/mol. The van der Waals surface area contributed by atoms with E-state index in [0.29, 0.717) is 10.5 Å². The summed E-state index contributed by atoms with van der Waals surface area (Å²) < 4.78 is 5.13. The van der Waals surface area contributed by atoms with Crippen molar-refractivity contribution in [3.63, 3.8) is 0 Å². The summed E-state index contributed by atoms with van der Waals surface area (Å²) in [6.45, 7) is 1.65. The molecule has 170 valence electrons. The van der Waals surface area contributed by atoms with Crippen molar-refractivity contribution < 1.29 is 80.5 Å². The molecule has 34 heavy (non-hydrogen) atoms. The number of β-lactam (4-membered cyclic amide) rings is 1. The van der Waals surface area contributed by atoms with Gasteiger partial charge in [0.2, 0.25) is 0 Å². The number of nitrogens with one attached hydrogen (secondary N) is 1. The maximum atomic E-state index is 12.7. The topological polar surface area (TPSA) is 142 Å². The first-order chi connectivity index (χ1) is 15.8. The molecule has 1 N–H and O–H groups in total. The minimum atomic E-state index is -1.45. The molecule has 2 heterocycles. The molecule has 3 atom stereocenters. The second-order valence-electron chi connectivity index (χ2n) is 7.52. The molecule has 12 heteroatoms. The predicted molar refractivity (Wildman–Crippen MR) is 114 cm³/mol. The van der Waals surface area contributed by atoms with Gasteiger partial charge in [-0.15, -0.1) is 0 Å². The number of hydrogen-bond donors (Lipinski definition) is 1. The van der Waals surface area contributed by atoms with Gasteiger partial charge in [-0.3, -0.25) is 14.9 Å². The number of nitrogens with zero attached hydrogens (tertiary/aromatic N) is 2. The van der Waals surface area contributed by atoms with Crippen molar-refractivity contribution in [2.45, 2.75) is 30.5 Å². The van der Waals surface area contributed by atoms with Crippen molar-refractivity contribution in [3.8, 4) is 0 Å². The number of amides is 2. The molecule has 0 spiro atoms. The quantitative estimate of drug-likeness (QED) is 0.213. The number of carboxylic acid groups (broad SMARTS) is 1. The molecule has 0 bridgehead atoms. The molecular formula is C22H18KN3O7S. The number of benzene rings is 2. The molecule has 2 aliphatic rings. The predicted octanol–water partition coefficient (Wildman–Crippen LogP) is -1.19. The summed E-state index contributed by atoms with van der Waals surface area (Å²) in [5, 5.41) is 25.0. The smallest absolute Gasteiger partial charge is 0.543 e. The van der Waals surface area contributed by atoms with E-state index in [0.717, 1.165) is 9.80 Å². The molecule has 0 aliphatic carbocycles. The summed E-state index contributed by atoms with van der Waals surface area (Å²) in [7, 11) is 0. The number of thioether (sulfide) groups is 1. The fourth-order valence-electron chi connectivity index (χ4n) is 3.91. The Labute approximate surface area is 241 Å². The number of rotatable bonds is 7. The van der Waals surface area contributed by atoms with Crippen LogP contribution in [-0.4, -0.2) is 39.9 Å². The Balaban J connectivity index is 0.00000324. The van der Waals surface area contributed by atoms with E-state index >= 15 is 0 Å². The molecule has 0 aromatic heterocycles. The molecule has 10 nitrogen and oxygen atoms in total. The molecule has 1 saturated heterocycles. The Hall–Kier alpha value is -2.22. The van der Waals surface area contributed by atoms with Crippen LogP contribution in [0, 0.1) is 16.0 Å². The van der Waals surface area contributed by atoms with Crippen LogP contribution in [0.5, 0.6) is 0 Å². The molecule has 0 radical (unpaired) electrons. The maximum absolute atomic E-state index is 12.7. The van der Waals surface area contributed by atoms with Crippen LogP contribution in [0.25, 0.3) is 0 Å².